The Bertz CT molecular complexity index is 449. The number of amides is 1. The van der Waals surface area contributed by atoms with Crippen LogP contribution >= 0.6 is 0 Å². The molecule has 1 aliphatic heterocycles. The van der Waals surface area contributed by atoms with Gasteiger partial charge < -0.3 is 14.4 Å². The van der Waals surface area contributed by atoms with E-state index < -0.39 is 0 Å². The van der Waals surface area contributed by atoms with Crippen LogP contribution in [-0.4, -0.2) is 49.8 Å². The molecule has 0 radical (unpaired) electrons. The van der Waals surface area contributed by atoms with Gasteiger partial charge in [0.05, 0.1) is 13.2 Å². The van der Waals surface area contributed by atoms with Gasteiger partial charge in [-0.3, -0.25) is 4.79 Å². The maximum Gasteiger partial charge on any atom is 0.249 e. The van der Waals surface area contributed by atoms with Crippen molar-refractivity contribution in [2.24, 2.45) is 0 Å². The van der Waals surface area contributed by atoms with Crippen LogP contribution in [0.5, 0.6) is 0 Å². The molecule has 116 valence electrons. The third kappa shape index (κ3) is 3.83. The largest absolute Gasteiger partial charge is 0.382 e. The first-order valence-corrected chi connectivity index (χ1v) is 7.58. The lowest BCUT2D eigenvalue weighted by Crippen LogP contribution is -2.41. The van der Waals surface area contributed by atoms with Crippen LogP contribution in [0.25, 0.3) is 0 Å². The Morgan fingerprint density at radius 1 is 1.24 bits per heavy atom. The second-order valence-corrected chi connectivity index (χ2v) is 5.69. The zero-order chi connectivity index (χ0) is 15.2. The zero-order valence-corrected chi connectivity index (χ0v) is 13.1. The third-order valence-electron chi connectivity index (χ3n) is 4.26. The maximum atomic E-state index is 12.4. The SMILES string of the molecule is COCCOCC(=O)N1[C@H](C)C[C@H](c2ccccc2)[C@H]1C. The predicted octanol–water partition coefficient (Wildman–Crippen LogP) is 2.44. The van der Waals surface area contributed by atoms with Crippen LogP contribution in [0.1, 0.15) is 31.7 Å². The topological polar surface area (TPSA) is 38.8 Å². The fourth-order valence-corrected chi connectivity index (χ4v) is 3.24. The van der Waals surface area contributed by atoms with E-state index >= 15 is 0 Å². The molecule has 0 spiro atoms. The molecule has 0 N–H and O–H groups in total. The minimum absolute atomic E-state index is 0.0736. The second-order valence-electron chi connectivity index (χ2n) is 5.69. The molecule has 4 heteroatoms. The smallest absolute Gasteiger partial charge is 0.249 e. The fraction of sp³-hybridized carbons (Fsp3) is 0.588. The van der Waals surface area contributed by atoms with E-state index in [2.05, 4.69) is 38.1 Å². The molecule has 21 heavy (non-hydrogen) atoms. The first-order chi connectivity index (χ1) is 10.1. The van der Waals surface area contributed by atoms with E-state index in [0.29, 0.717) is 19.1 Å². The van der Waals surface area contributed by atoms with Crippen LogP contribution in [0.15, 0.2) is 30.3 Å². The van der Waals surface area contributed by atoms with Crippen molar-refractivity contribution in [2.75, 3.05) is 26.9 Å². The van der Waals surface area contributed by atoms with E-state index in [1.165, 1.54) is 5.56 Å². The van der Waals surface area contributed by atoms with Crippen molar-refractivity contribution in [3.63, 3.8) is 0 Å². The molecule has 0 aliphatic carbocycles. The van der Waals surface area contributed by atoms with Crippen molar-refractivity contribution in [1.29, 1.82) is 0 Å². The molecule has 3 atom stereocenters. The number of methoxy groups -OCH3 is 1. The molecule has 1 saturated heterocycles. The van der Waals surface area contributed by atoms with Crippen LogP contribution in [0.2, 0.25) is 0 Å². The van der Waals surface area contributed by atoms with Gasteiger partial charge in [0, 0.05) is 25.1 Å². The summed E-state index contributed by atoms with van der Waals surface area (Å²) in [5, 5.41) is 0. The van der Waals surface area contributed by atoms with E-state index in [1.54, 1.807) is 7.11 Å². The molecule has 1 aromatic carbocycles. The predicted molar refractivity (Wildman–Crippen MR) is 82.3 cm³/mol. The summed E-state index contributed by atoms with van der Waals surface area (Å²) < 4.78 is 10.3. The van der Waals surface area contributed by atoms with Crippen LogP contribution in [0.3, 0.4) is 0 Å². The van der Waals surface area contributed by atoms with Crippen molar-refractivity contribution in [1.82, 2.24) is 4.90 Å². The van der Waals surface area contributed by atoms with E-state index in [4.69, 9.17) is 9.47 Å². The number of hydrogen-bond acceptors (Lipinski definition) is 3. The molecule has 1 amide bonds. The number of benzene rings is 1. The highest BCUT2D eigenvalue weighted by Gasteiger charge is 2.39. The van der Waals surface area contributed by atoms with Crippen molar-refractivity contribution in [2.45, 2.75) is 38.3 Å². The van der Waals surface area contributed by atoms with Crippen molar-refractivity contribution < 1.29 is 14.3 Å². The van der Waals surface area contributed by atoms with Gasteiger partial charge in [-0.25, -0.2) is 0 Å². The second kappa shape index (κ2) is 7.57. The highest BCUT2D eigenvalue weighted by Crippen LogP contribution is 2.37. The Hall–Kier alpha value is -1.39. The Labute approximate surface area is 127 Å². The van der Waals surface area contributed by atoms with Crippen LogP contribution in [0, 0.1) is 0 Å². The summed E-state index contributed by atoms with van der Waals surface area (Å²) in [5.74, 6) is 0.480. The Morgan fingerprint density at radius 2 is 1.95 bits per heavy atom. The average molecular weight is 291 g/mol. The third-order valence-corrected chi connectivity index (χ3v) is 4.26. The van der Waals surface area contributed by atoms with Crippen molar-refractivity contribution >= 4 is 5.91 Å². The van der Waals surface area contributed by atoms with Gasteiger partial charge in [-0.2, -0.15) is 0 Å². The summed E-state index contributed by atoms with van der Waals surface area (Å²) in [6.07, 6.45) is 1.01. The van der Waals surface area contributed by atoms with Crippen LogP contribution in [0.4, 0.5) is 0 Å². The maximum absolute atomic E-state index is 12.4. The number of ether oxygens (including phenoxy) is 2. The molecule has 1 aliphatic rings. The molecular formula is C17H25NO3. The quantitative estimate of drug-likeness (QED) is 0.756. The van der Waals surface area contributed by atoms with E-state index in [0.717, 1.165) is 6.42 Å². The number of likely N-dealkylation sites (tertiary alicyclic amines) is 1. The average Bonchev–Trinajstić information content (AvgIpc) is 2.79. The zero-order valence-electron chi connectivity index (χ0n) is 13.1. The molecule has 2 rings (SSSR count). The molecule has 0 unspecified atom stereocenters. The Kier molecular flexibility index (Phi) is 5.76. The number of carbonyl (C=O) groups is 1. The van der Waals surface area contributed by atoms with Gasteiger partial charge in [-0.15, -0.1) is 0 Å². The van der Waals surface area contributed by atoms with Gasteiger partial charge in [-0.05, 0) is 25.8 Å². The minimum atomic E-state index is 0.0736. The van der Waals surface area contributed by atoms with Gasteiger partial charge in [0.15, 0.2) is 0 Å². The number of hydrogen-bond donors (Lipinski definition) is 0. The van der Waals surface area contributed by atoms with E-state index in [-0.39, 0.29) is 24.6 Å². The fourth-order valence-electron chi connectivity index (χ4n) is 3.24. The molecule has 4 nitrogen and oxygen atoms in total. The van der Waals surface area contributed by atoms with E-state index in [9.17, 15) is 4.79 Å². The molecule has 0 aromatic heterocycles. The van der Waals surface area contributed by atoms with Crippen LogP contribution in [-0.2, 0) is 14.3 Å². The summed E-state index contributed by atoms with van der Waals surface area (Å²) in [6.45, 7) is 5.37. The number of rotatable bonds is 6. The molecule has 0 bridgehead atoms. The lowest BCUT2D eigenvalue weighted by atomic mass is 9.92. The van der Waals surface area contributed by atoms with Gasteiger partial charge in [0.1, 0.15) is 6.61 Å². The van der Waals surface area contributed by atoms with Gasteiger partial charge in [-0.1, -0.05) is 30.3 Å². The highest BCUT2D eigenvalue weighted by molar-refractivity contribution is 5.78. The first kappa shape index (κ1) is 16.0. The molecule has 1 heterocycles. The highest BCUT2D eigenvalue weighted by atomic mass is 16.5. The summed E-state index contributed by atoms with van der Waals surface area (Å²) in [6, 6.07) is 10.9. The summed E-state index contributed by atoms with van der Waals surface area (Å²) in [7, 11) is 1.63. The first-order valence-electron chi connectivity index (χ1n) is 7.58. The summed E-state index contributed by atoms with van der Waals surface area (Å²) in [5.41, 5.74) is 1.31. The Balaban J connectivity index is 1.96. The summed E-state index contributed by atoms with van der Waals surface area (Å²) in [4.78, 5) is 14.3. The minimum Gasteiger partial charge on any atom is -0.382 e. The molecule has 0 saturated carbocycles. The number of carbonyl (C=O) groups excluding carboxylic acids is 1. The van der Waals surface area contributed by atoms with E-state index in [1.807, 2.05) is 11.0 Å². The molecule has 1 fully saturated rings. The monoisotopic (exact) mass is 291 g/mol. The van der Waals surface area contributed by atoms with Crippen molar-refractivity contribution in [3.05, 3.63) is 35.9 Å². The van der Waals surface area contributed by atoms with Gasteiger partial charge in [0.25, 0.3) is 0 Å². The van der Waals surface area contributed by atoms with Gasteiger partial charge in [0.2, 0.25) is 5.91 Å². The summed E-state index contributed by atoms with van der Waals surface area (Å²) >= 11 is 0. The normalized spacial score (nSPS) is 25.3. The standard InChI is InChI=1S/C17H25NO3/c1-13-11-16(15-7-5-4-6-8-15)14(2)18(13)17(19)12-21-10-9-20-3/h4-8,13-14,16H,9-12H2,1-3H3/t13-,14-,16+/m1/s1. The Morgan fingerprint density at radius 3 is 2.62 bits per heavy atom. The molecule has 1 aromatic rings. The number of nitrogens with zero attached hydrogens (tertiary/aromatic N) is 1. The molecular weight excluding hydrogens is 266 g/mol. The van der Waals surface area contributed by atoms with Crippen molar-refractivity contribution in [3.8, 4) is 0 Å². The lowest BCUT2D eigenvalue weighted by molar-refractivity contribution is -0.139. The van der Waals surface area contributed by atoms with Gasteiger partial charge >= 0.3 is 0 Å². The lowest BCUT2D eigenvalue weighted by Gasteiger charge is -2.28. The van der Waals surface area contributed by atoms with Crippen LogP contribution < -0.4 is 0 Å².